The molecule has 7 heteroatoms. The summed E-state index contributed by atoms with van der Waals surface area (Å²) in [7, 11) is 0. The van der Waals surface area contributed by atoms with E-state index in [-0.39, 0.29) is 5.91 Å². The second-order valence-electron chi connectivity index (χ2n) is 8.76. The summed E-state index contributed by atoms with van der Waals surface area (Å²) in [4.78, 5) is 26.5. The smallest absolute Gasteiger partial charge is 0.228 e. The van der Waals surface area contributed by atoms with Crippen molar-refractivity contribution in [1.29, 1.82) is 0 Å². The number of likely N-dealkylation sites (N-methyl/N-ethyl adjacent to an activating group) is 1. The first-order chi connectivity index (χ1) is 16.7. The normalized spacial score (nSPS) is 15.0. The molecule has 1 N–H and O–H groups in total. The van der Waals surface area contributed by atoms with E-state index in [0.29, 0.717) is 6.42 Å². The number of carbonyl (C=O) groups is 1. The summed E-state index contributed by atoms with van der Waals surface area (Å²) in [5.74, 6) is -0.0174. The molecule has 0 spiro atoms. The van der Waals surface area contributed by atoms with Gasteiger partial charge < -0.3 is 10.2 Å². The van der Waals surface area contributed by atoms with Gasteiger partial charge in [0, 0.05) is 50.3 Å². The number of imidazole rings is 1. The van der Waals surface area contributed by atoms with E-state index >= 15 is 0 Å². The number of rotatable bonds is 7. The third kappa shape index (κ3) is 5.16. The molecular weight excluding hydrogens is 424 g/mol. The number of fused-ring (bicyclic) bond motifs is 1. The fraction of sp³-hybridized carbons (Fsp3) is 0.296. The van der Waals surface area contributed by atoms with Crippen LogP contribution in [0.15, 0.2) is 73.2 Å². The van der Waals surface area contributed by atoms with Crippen molar-refractivity contribution in [2.75, 3.05) is 38.0 Å². The summed E-state index contributed by atoms with van der Waals surface area (Å²) < 4.78 is 1.95. The minimum Gasteiger partial charge on any atom is -0.326 e. The van der Waals surface area contributed by atoms with Gasteiger partial charge in [-0.1, -0.05) is 31.2 Å². The maximum atomic E-state index is 12.7. The van der Waals surface area contributed by atoms with Crippen molar-refractivity contribution < 1.29 is 4.79 Å². The number of carbonyl (C=O) groups excluding carboxylic acids is 1. The highest BCUT2D eigenvalue weighted by atomic mass is 16.1. The Labute approximate surface area is 200 Å². The van der Waals surface area contributed by atoms with Crippen LogP contribution >= 0.6 is 0 Å². The molecule has 0 saturated carbocycles. The summed E-state index contributed by atoms with van der Waals surface area (Å²) in [6.07, 6.45) is 3.86. The zero-order valence-corrected chi connectivity index (χ0v) is 19.5. The van der Waals surface area contributed by atoms with Gasteiger partial charge in [0.25, 0.3) is 0 Å². The predicted octanol–water partition coefficient (Wildman–Crippen LogP) is 3.74. The van der Waals surface area contributed by atoms with Crippen molar-refractivity contribution in [2.24, 2.45) is 0 Å². The number of piperazine rings is 1. The Morgan fingerprint density at radius 2 is 1.71 bits per heavy atom. The average Bonchev–Trinajstić information content (AvgIpc) is 3.29. The molecule has 1 fully saturated rings. The molecule has 2 aromatic heterocycles. The van der Waals surface area contributed by atoms with E-state index in [1.165, 1.54) is 5.56 Å². The number of hydrogen-bond acceptors (Lipinski definition) is 5. The lowest BCUT2D eigenvalue weighted by Gasteiger charge is -2.34. The Balaban J connectivity index is 1.18. The summed E-state index contributed by atoms with van der Waals surface area (Å²) in [5, 5.41) is 3.06. The summed E-state index contributed by atoms with van der Waals surface area (Å²) in [6, 6.07) is 20.0. The number of nitrogens with one attached hydrogen (secondary N) is 1. The van der Waals surface area contributed by atoms with Crippen LogP contribution in [0.5, 0.6) is 0 Å². The van der Waals surface area contributed by atoms with Gasteiger partial charge in [0.1, 0.15) is 11.8 Å². The Kier molecular flexibility index (Phi) is 6.65. The summed E-state index contributed by atoms with van der Waals surface area (Å²) in [6.45, 7) is 8.68. The van der Waals surface area contributed by atoms with Crippen LogP contribution in [0.1, 0.15) is 18.1 Å². The molecule has 2 aromatic carbocycles. The minimum absolute atomic E-state index is 0.0174. The second kappa shape index (κ2) is 10.2. The third-order valence-corrected chi connectivity index (χ3v) is 6.41. The molecular formula is C27H30N6O. The van der Waals surface area contributed by atoms with Crippen LogP contribution in [0.4, 0.5) is 5.69 Å². The standard InChI is InChI=1S/C27H30N6O/c1-2-31-13-15-32(16-14-31)19-22-5-3-6-23(17-22)30-26(34)18-21-8-10-24(11-9-21)33-20-29-25-7-4-12-28-27(25)33/h3-12,17,20H,2,13-16,18-19H2,1H3,(H,30,34). The quantitative estimate of drug-likeness (QED) is 0.461. The molecule has 0 aliphatic carbocycles. The molecule has 1 amide bonds. The van der Waals surface area contributed by atoms with Gasteiger partial charge in [-0.15, -0.1) is 0 Å². The molecule has 174 valence electrons. The summed E-state index contributed by atoms with van der Waals surface area (Å²) >= 11 is 0. The first-order valence-corrected chi connectivity index (χ1v) is 11.9. The number of benzene rings is 2. The molecule has 1 saturated heterocycles. The van der Waals surface area contributed by atoms with Crippen LogP contribution in [0.3, 0.4) is 0 Å². The molecule has 7 nitrogen and oxygen atoms in total. The van der Waals surface area contributed by atoms with E-state index in [0.717, 1.165) is 67.4 Å². The zero-order chi connectivity index (χ0) is 23.3. The van der Waals surface area contributed by atoms with Crippen LogP contribution in [-0.2, 0) is 17.8 Å². The van der Waals surface area contributed by atoms with Crippen LogP contribution in [0, 0.1) is 0 Å². The highest BCUT2D eigenvalue weighted by Crippen LogP contribution is 2.18. The van der Waals surface area contributed by atoms with Gasteiger partial charge in [0.2, 0.25) is 5.91 Å². The Bertz CT molecular complexity index is 1260. The molecule has 4 aromatic rings. The molecule has 34 heavy (non-hydrogen) atoms. The van der Waals surface area contributed by atoms with Crippen molar-refractivity contribution in [2.45, 2.75) is 19.9 Å². The lowest BCUT2D eigenvalue weighted by atomic mass is 10.1. The average molecular weight is 455 g/mol. The second-order valence-corrected chi connectivity index (χ2v) is 8.76. The molecule has 1 aliphatic heterocycles. The topological polar surface area (TPSA) is 66.3 Å². The molecule has 0 bridgehead atoms. The van der Waals surface area contributed by atoms with E-state index in [1.54, 1.807) is 12.5 Å². The first kappa shape index (κ1) is 22.3. The van der Waals surface area contributed by atoms with E-state index in [9.17, 15) is 4.79 Å². The molecule has 0 unspecified atom stereocenters. The zero-order valence-electron chi connectivity index (χ0n) is 19.5. The number of aromatic nitrogens is 3. The van der Waals surface area contributed by atoms with Gasteiger partial charge in [-0.3, -0.25) is 14.3 Å². The molecule has 1 aliphatic rings. The number of nitrogens with zero attached hydrogens (tertiary/aromatic N) is 5. The Morgan fingerprint density at radius 3 is 2.50 bits per heavy atom. The maximum absolute atomic E-state index is 12.7. The van der Waals surface area contributed by atoms with Gasteiger partial charge >= 0.3 is 0 Å². The predicted molar refractivity (Wildman–Crippen MR) is 135 cm³/mol. The van der Waals surface area contributed by atoms with Crippen molar-refractivity contribution in [3.05, 3.63) is 84.3 Å². The summed E-state index contributed by atoms with van der Waals surface area (Å²) in [5.41, 5.74) is 5.69. The van der Waals surface area contributed by atoms with Crippen molar-refractivity contribution >= 4 is 22.8 Å². The first-order valence-electron chi connectivity index (χ1n) is 11.9. The van der Waals surface area contributed by atoms with Gasteiger partial charge in [-0.05, 0) is 54.1 Å². The number of hydrogen-bond donors (Lipinski definition) is 1. The van der Waals surface area contributed by atoms with Gasteiger partial charge in [0.05, 0.1) is 6.42 Å². The van der Waals surface area contributed by atoms with Crippen molar-refractivity contribution in [3.8, 4) is 5.69 Å². The third-order valence-electron chi connectivity index (χ3n) is 6.41. The number of pyridine rings is 1. The van der Waals surface area contributed by atoms with E-state index in [4.69, 9.17) is 0 Å². The Morgan fingerprint density at radius 1 is 0.912 bits per heavy atom. The van der Waals surface area contributed by atoms with Gasteiger partial charge in [-0.2, -0.15) is 0 Å². The molecule has 5 rings (SSSR count). The van der Waals surface area contributed by atoms with E-state index in [2.05, 4.69) is 44.1 Å². The van der Waals surface area contributed by atoms with Crippen LogP contribution < -0.4 is 5.32 Å². The van der Waals surface area contributed by atoms with Gasteiger partial charge in [-0.25, -0.2) is 9.97 Å². The van der Waals surface area contributed by atoms with Crippen LogP contribution in [0.2, 0.25) is 0 Å². The molecule has 0 radical (unpaired) electrons. The van der Waals surface area contributed by atoms with Crippen molar-refractivity contribution in [1.82, 2.24) is 24.3 Å². The molecule has 0 atom stereocenters. The fourth-order valence-electron chi connectivity index (χ4n) is 4.47. The van der Waals surface area contributed by atoms with Crippen LogP contribution in [0.25, 0.3) is 16.9 Å². The maximum Gasteiger partial charge on any atom is 0.228 e. The van der Waals surface area contributed by atoms with Crippen molar-refractivity contribution in [3.63, 3.8) is 0 Å². The van der Waals surface area contributed by atoms with Gasteiger partial charge in [0.15, 0.2) is 5.65 Å². The minimum atomic E-state index is -0.0174. The lowest BCUT2D eigenvalue weighted by Crippen LogP contribution is -2.45. The van der Waals surface area contributed by atoms with Crippen LogP contribution in [-0.4, -0.2) is 63.0 Å². The van der Waals surface area contributed by atoms with E-state index in [1.807, 2.05) is 53.1 Å². The number of amides is 1. The highest BCUT2D eigenvalue weighted by molar-refractivity contribution is 5.92. The van der Waals surface area contributed by atoms with E-state index < -0.39 is 0 Å². The Hall–Kier alpha value is -3.55. The fourth-order valence-corrected chi connectivity index (χ4v) is 4.47. The number of anilines is 1. The molecule has 3 heterocycles. The monoisotopic (exact) mass is 454 g/mol. The SMILES string of the molecule is CCN1CCN(Cc2cccc(NC(=O)Cc3ccc(-n4cnc5cccnc54)cc3)c2)CC1. The lowest BCUT2D eigenvalue weighted by molar-refractivity contribution is -0.115. The highest BCUT2D eigenvalue weighted by Gasteiger charge is 2.15. The largest absolute Gasteiger partial charge is 0.326 e.